The fourth-order valence-corrected chi connectivity index (χ4v) is 2.93. The predicted molar refractivity (Wildman–Crippen MR) is 107 cm³/mol. The molecule has 0 fully saturated rings. The highest BCUT2D eigenvalue weighted by Crippen LogP contribution is 2.24. The monoisotopic (exact) mass is 389 g/mol. The number of nitrogens with one attached hydrogen (secondary N) is 2. The zero-order chi connectivity index (χ0) is 15.8. The Morgan fingerprint density at radius 3 is 2.71 bits per heavy atom. The highest BCUT2D eigenvalue weighted by molar-refractivity contribution is 7.13. The average Bonchev–Trinajstić information content (AvgIpc) is 2.95. The second kappa shape index (κ2) is 12.3. The van der Waals surface area contributed by atoms with E-state index in [-0.39, 0.29) is 30.7 Å². The molecule has 0 bridgehead atoms. The van der Waals surface area contributed by atoms with Gasteiger partial charge in [0.05, 0.1) is 12.1 Å². The van der Waals surface area contributed by atoms with Gasteiger partial charge < -0.3 is 10.6 Å². The zero-order valence-corrected chi connectivity index (χ0v) is 16.5. The number of halogens is 2. The van der Waals surface area contributed by atoms with E-state index in [0.29, 0.717) is 13.0 Å². The third-order valence-electron chi connectivity index (χ3n) is 3.21. The van der Waals surface area contributed by atoms with Crippen LogP contribution in [0.1, 0.15) is 24.6 Å². The SMILES string of the molecule is CCCNCCNC(=O)Cc1csc(-c2cccc(C)c2)n1.Cl.Cl. The van der Waals surface area contributed by atoms with Gasteiger partial charge in [0, 0.05) is 24.0 Å². The Hall–Kier alpha value is -1.14. The highest BCUT2D eigenvalue weighted by Gasteiger charge is 2.08. The van der Waals surface area contributed by atoms with E-state index in [1.54, 1.807) is 11.3 Å². The third kappa shape index (κ3) is 7.62. The van der Waals surface area contributed by atoms with Gasteiger partial charge in [0.25, 0.3) is 0 Å². The molecule has 0 aliphatic carbocycles. The summed E-state index contributed by atoms with van der Waals surface area (Å²) in [7, 11) is 0. The molecule has 0 spiro atoms. The summed E-state index contributed by atoms with van der Waals surface area (Å²) in [6, 6.07) is 8.26. The fourth-order valence-electron chi connectivity index (χ4n) is 2.12. The van der Waals surface area contributed by atoms with Crippen LogP contribution in [0.25, 0.3) is 10.6 Å². The maximum Gasteiger partial charge on any atom is 0.226 e. The number of thiazole rings is 1. The molecular weight excluding hydrogens is 365 g/mol. The lowest BCUT2D eigenvalue weighted by Crippen LogP contribution is -2.33. The van der Waals surface area contributed by atoms with Gasteiger partial charge in [-0.25, -0.2) is 4.98 Å². The molecule has 24 heavy (non-hydrogen) atoms. The van der Waals surface area contributed by atoms with E-state index in [2.05, 4.69) is 47.7 Å². The number of rotatable bonds is 8. The van der Waals surface area contributed by atoms with Crippen molar-refractivity contribution in [3.8, 4) is 10.6 Å². The number of aryl methyl sites for hydroxylation is 1. The fraction of sp³-hybridized carbons (Fsp3) is 0.412. The summed E-state index contributed by atoms with van der Waals surface area (Å²) in [5.41, 5.74) is 3.16. The van der Waals surface area contributed by atoms with Gasteiger partial charge in [0.2, 0.25) is 5.91 Å². The van der Waals surface area contributed by atoms with Crippen LogP contribution in [0.5, 0.6) is 0 Å². The first-order valence-electron chi connectivity index (χ1n) is 7.68. The summed E-state index contributed by atoms with van der Waals surface area (Å²) in [4.78, 5) is 16.4. The number of hydrogen-bond acceptors (Lipinski definition) is 4. The number of amides is 1. The van der Waals surface area contributed by atoms with E-state index in [1.165, 1.54) is 5.56 Å². The van der Waals surface area contributed by atoms with E-state index in [1.807, 2.05) is 11.4 Å². The lowest BCUT2D eigenvalue weighted by atomic mass is 10.1. The second-order valence-corrected chi connectivity index (χ2v) is 6.15. The van der Waals surface area contributed by atoms with E-state index in [9.17, 15) is 4.79 Å². The Morgan fingerprint density at radius 1 is 1.21 bits per heavy atom. The molecule has 134 valence electrons. The summed E-state index contributed by atoms with van der Waals surface area (Å²) in [5.74, 6) is 0.0272. The minimum absolute atomic E-state index is 0. The number of benzene rings is 1. The van der Waals surface area contributed by atoms with Crippen molar-refractivity contribution in [3.05, 3.63) is 40.9 Å². The molecule has 2 rings (SSSR count). The second-order valence-electron chi connectivity index (χ2n) is 5.29. The van der Waals surface area contributed by atoms with Crippen molar-refractivity contribution < 1.29 is 4.79 Å². The Morgan fingerprint density at radius 2 is 2.00 bits per heavy atom. The molecule has 7 heteroatoms. The zero-order valence-electron chi connectivity index (χ0n) is 14.0. The average molecular weight is 390 g/mol. The smallest absolute Gasteiger partial charge is 0.226 e. The first kappa shape index (κ1) is 22.9. The van der Waals surface area contributed by atoms with Crippen molar-refractivity contribution >= 4 is 42.1 Å². The number of carbonyl (C=O) groups excluding carboxylic acids is 1. The topological polar surface area (TPSA) is 54.0 Å². The van der Waals surface area contributed by atoms with Gasteiger partial charge in [0.15, 0.2) is 0 Å². The molecule has 1 aromatic heterocycles. The molecule has 0 radical (unpaired) electrons. The van der Waals surface area contributed by atoms with Crippen LogP contribution in [-0.2, 0) is 11.2 Å². The molecule has 0 saturated heterocycles. The van der Waals surface area contributed by atoms with Crippen molar-refractivity contribution in [2.45, 2.75) is 26.7 Å². The maximum atomic E-state index is 11.9. The van der Waals surface area contributed by atoms with Crippen molar-refractivity contribution in [2.75, 3.05) is 19.6 Å². The third-order valence-corrected chi connectivity index (χ3v) is 4.15. The molecule has 1 heterocycles. The number of nitrogens with zero attached hydrogens (tertiary/aromatic N) is 1. The van der Waals surface area contributed by atoms with Crippen LogP contribution in [-0.4, -0.2) is 30.5 Å². The highest BCUT2D eigenvalue weighted by atomic mass is 35.5. The summed E-state index contributed by atoms with van der Waals surface area (Å²) in [6.45, 7) is 6.65. The molecule has 0 atom stereocenters. The molecule has 0 saturated carbocycles. The van der Waals surface area contributed by atoms with Gasteiger partial charge in [-0.3, -0.25) is 4.79 Å². The first-order valence-corrected chi connectivity index (χ1v) is 8.56. The summed E-state index contributed by atoms with van der Waals surface area (Å²) >= 11 is 1.58. The Kier molecular flexibility index (Phi) is 11.7. The van der Waals surface area contributed by atoms with Crippen LogP contribution in [0.15, 0.2) is 29.6 Å². The summed E-state index contributed by atoms with van der Waals surface area (Å²) in [5, 5.41) is 9.10. The largest absolute Gasteiger partial charge is 0.354 e. The maximum absolute atomic E-state index is 11.9. The number of carbonyl (C=O) groups is 1. The first-order chi connectivity index (χ1) is 10.7. The molecule has 4 nitrogen and oxygen atoms in total. The molecular formula is C17H25Cl2N3OS. The molecule has 0 unspecified atom stereocenters. The van der Waals surface area contributed by atoms with Crippen LogP contribution in [0.4, 0.5) is 0 Å². The van der Waals surface area contributed by atoms with Crippen LogP contribution in [0, 0.1) is 6.92 Å². The van der Waals surface area contributed by atoms with E-state index < -0.39 is 0 Å². The molecule has 0 aliphatic rings. The van der Waals surface area contributed by atoms with Gasteiger partial charge in [-0.1, -0.05) is 30.7 Å². The normalized spacial score (nSPS) is 9.75. The number of aromatic nitrogens is 1. The predicted octanol–water partition coefficient (Wildman–Crippen LogP) is 3.62. The van der Waals surface area contributed by atoms with Crippen LogP contribution >= 0.6 is 36.2 Å². The lowest BCUT2D eigenvalue weighted by molar-refractivity contribution is -0.120. The van der Waals surface area contributed by atoms with Gasteiger partial charge in [-0.2, -0.15) is 0 Å². The van der Waals surface area contributed by atoms with Crippen molar-refractivity contribution in [1.29, 1.82) is 0 Å². The Bertz CT molecular complexity index is 619. The van der Waals surface area contributed by atoms with E-state index >= 15 is 0 Å². The molecule has 0 aliphatic heterocycles. The summed E-state index contributed by atoms with van der Waals surface area (Å²) in [6.07, 6.45) is 1.45. The molecule has 2 aromatic rings. The van der Waals surface area contributed by atoms with Crippen LogP contribution < -0.4 is 10.6 Å². The van der Waals surface area contributed by atoms with Crippen molar-refractivity contribution in [1.82, 2.24) is 15.6 Å². The van der Waals surface area contributed by atoms with Gasteiger partial charge in [0.1, 0.15) is 5.01 Å². The van der Waals surface area contributed by atoms with Crippen LogP contribution in [0.3, 0.4) is 0 Å². The Balaban J connectivity index is 0.00000264. The molecule has 1 aromatic carbocycles. The van der Waals surface area contributed by atoms with Gasteiger partial charge in [-0.05, 0) is 26.0 Å². The standard InChI is InChI=1S/C17H23N3OS.2ClH/c1-3-7-18-8-9-19-16(21)11-15-12-22-17(20-15)14-6-4-5-13(2)10-14;;/h4-6,10,12,18H,3,7-9,11H2,1-2H3,(H,19,21);2*1H. The quantitative estimate of drug-likeness (QED) is 0.677. The lowest BCUT2D eigenvalue weighted by Gasteiger charge is -2.05. The minimum atomic E-state index is 0. The number of hydrogen-bond donors (Lipinski definition) is 2. The van der Waals surface area contributed by atoms with Crippen LogP contribution in [0.2, 0.25) is 0 Å². The van der Waals surface area contributed by atoms with E-state index in [4.69, 9.17) is 0 Å². The van der Waals surface area contributed by atoms with Gasteiger partial charge >= 0.3 is 0 Å². The van der Waals surface area contributed by atoms with E-state index in [0.717, 1.165) is 35.8 Å². The van der Waals surface area contributed by atoms with Gasteiger partial charge in [-0.15, -0.1) is 36.2 Å². The molecule has 2 N–H and O–H groups in total. The molecule has 1 amide bonds. The summed E-state index contributed by atoms with van der Waals surface area (Å²) < 4.78 is 0. The minimum Gasteiger partial charge on any atom is -0.354 e. The Labute approximate surface area is 160 Å². The van der Waals surface area contributed by atoms with Crippen molar-refractivity contribution in [2.24, 2.45) is 0 Å². The van der Waals surface area contributed by atoms with Crippen molar-refractivity contribution in [3.63, 3.8) is 0 Å².